The molecular weight excluding hydrogens is 164 g/mol. The van der Waals surface area contributed by atoms with Gasteiger partial charge in [-0.2, -0.15) is 0 Å². The molecule has 0 radical (unpaired) electrons. The van der Waals surface area contributed by atoms with E-state index in [-0.39, 0.29) is 6.04 Å². The van der Waals surface area contributed by atoms with E-state index in [1.54, 1.807) is 0 Å². The van der Waals surface area contributed by atoms with Crippen LogP contribution in [0.4, 0.5) is 0 Å². The van der Waals surface area contributed by atoms with Crippen LogP contribution >= 0.6 is 0 Å². The minimum absolute atomic E-state index is 0.232. The lowest BCUT2D eigenvalue weighted by Gasteiger charge is -2.23. The first-order valence-corrected chi connectivity index (χ1v) is 5.08. The average molecular weight is 188 g/mol. The van der Waals surface area contributed by atoms with Crippen LogP contribution in [0.3, 0.4) is 0 Å². The van der Waals surface area contributed by atoms with E-state index in [4.69, 9.17) is 17.2 Å². The second-order valence-corrected chi connectivity index (χ2v) is 3.56. The maximum absolute atomic E-state index is 5.73. The van der Waals surface area contributed by atoms with Gasteiger partial charge in [-0.1, -0.05) is 0 Å². The minimum atomic E-state index is 0.232. The largest absolute Gasteiger partial charge is 0.330 e. The van der Waals surface area contributed by atoms with Crippen molar-refractivity contribution in [2.75, 3.05) is 32.7 Å². The third-order valence-corrected chi connectivity index (χ3v) is 1.90. The first-order chi connectivity index (χ1) is 6.20. The van der Waals surface area contributed by atoms with Crippen LogP contribution in [0.25, 0.3) is 0 Å². The molecule has 0 aliphatic carbocycles. The first kappa shape index (κ1) is 12.8. The summed E-state index contributed by atoms with van der Waals surface area (Å²) in [4.78, 5) is 2.34. The molecule has 0 aromatic heterocycles. The topological polar surface area (TPSA) is 81.3 Å². The Kier molecular flexibility index (Phi) is 8.33. The van der Waals surface area contributed by atoms with Crippen molar-refractivity contribution < 1.29 is 0 Å². The predicted octanol–water partition coefficient (Wildman–Crippen LogP) is -0.667. The van der Waals surface area contributed by atoms with Crippen LogP contribution in [0.5, 0.6) is 0 Å². The van der Waals surface area contributed by atoms with Gasteiger partial charge >= 0.3 is 0 Å². The van der Waals surface area contributed by atoms with Crippen molar-refractivity contribution in [2.24, 2.45) is 17.2 Å². The Morgan fingerprint density at radius 2 is 1.54 bits per heavy atom. The van der Waals surface area contributed by atoms with Crippen LogP contribution in [0.2, 0.25) is 0 Å². The summed E-state index contributed by atoms with van der Waals surface area (Å²) in [6.07, 6.45) is 2.08. The lowest BCUT2D eigenvalue weighted by atomic mass is 10.2. The van der Waals surface area contributed by atoms with Crippen molar-refractivity contribution in [1.29, 1.82) is 0 Å². The van der Waals surface area contributed by atoms with E-state index in [1.807, 2.05) is 6.92 Å². The Balaban J connectivity index is 3.60. The molecule has 4 heteroatoms. The normalized spacial score (nSPS) is 13.6. The Morgan fingerprint density at radius 1 is 1.08 bits per heavy atom. The van der Waals surface area contributed by atoms with Crippen molar-refractivity contribution >= 4 is 0 Å². The highest BCUT2D eigenvalue weighted by Gasteiger charge is 2.05. The quantitative estimate of drug-likeness (QED) is 0.472. The summed E-state index contributed by atoms with van der Waals surface area (Å²) in [5, 5.41) is 0. The van der Waals surface area contributed by atoms with Gasteiger partial charge in [0.2, 0.25) is 0 Å². The molecule has 13 heavy (non-hydrogen) atoms. The molecule has 0 fully saturated rings. The molecule has 0 saturated carbocycles. The fourth-order valence-corrected chi connectivity index (χ4v) is 1.33. The molecule has 80 valence electrons. The van der Waals surface area contributed by atoms with Gasteiger partial charge < -0.3 is 22.1 Å². The fourth-order valence-electron chi connectivity index (χ4n) is 1.33. The average Bonchev–Trinajstić information content (AvgIpc) is 2.09. The highest BCUT2D eigenvalue weighted by molar-refractivity contribution is 4.64. The van der Waals surface area contributed by atoms with Crippen LogP contribution in [0.1, 0.15) is 19.8 Å². The zero-order valence-electron chi connectivity index (χ0n) is 8.71. The zero-order valence-corrected chi connectivity index (χ0v) is 8.71. The van der Waals surface area contributed by atoms with E-state index in [2.05, 4.69) is 4.90 Å². The lowest BCUT2D eigenvalue weighted by molar-refractivity contribution is 0.258. The smallest absolute Gasteiger partial charge is 0.0139 e. The van der Waals surface area contributed by atoms with Crippen LogP contribution < -0.4 is 17.2 Å². The van der Waals surface area contributed by atoms with Crippen LogP contribution in [-0.4, -0.2) is 43.7 Å². The Labute approximate surface area is 81.4 Å². The SMILES string of the molecule is CC(N)CN(CCCN)CCCN. The zero-order chi connectivity index (χ0) is 10.1. The predicted molar refractivity (Wildman–Crippen MR) is 57.4 cm³/mol. The number of nitrogens with zero attached hydrogens (tertiary/aromatic N) is 1. The Bertz CT molecular complexity index is 97.8. The summed E-state index contributed by atoms with van der Waals surface area (Å²) < 4.78 is 0. The van der Waals surface area contributed by atoms with E-state index in [1.165, 1.54) is 0 Å². The molecule has 4 nitrogen and oxygen atoms in total. The molecule has 0 aromatic rings. The fraction of sp³-hybridized carbons (Fsp3) is 1.00. The third kappa shape index (κ3) is 8.18. The van der Waals surface area contributed by atoms with E-state index in [9.17, 15) is 0 Å². The molecule has 0 rings (SSSR count). The van der Waals surface area contributed by atoms with Crippen molar-refractivity contribution in [3.05, 3.63) is 0 Å². The summed E-state index contributed by atoms with van der Waals surface area (Å²) in [5.74, 6) is 0. The standard InChI is InChI=1S/C9H24N4/c1-9(12)8-13(6-2-4-10)7-3-5-11/h9H,2-8,10-12H2,1H3. The van der Waals surface area contributed by atoms with Gasteiger partial charge in [-0.3, -0.25) is 0 Å². The van der Waals surface area contributed by atoms with Crippen molar-refractivity contribution in [2.45, 2.75) is 25.8 Å². The summed E-state index contributed by atoms with van der Waals surface area (Å²) in [6, 6.07) is 0.232. The van der Waals surface area contributed by atoms with Gasteiger partial charge in [-0.15, -0.1) is 0 Å². The molecule has 1 unspecified atom stereocenters. The third-order valence-electron chi connectivity index (χ3n) is 1.90. The van der Waals surface area contributed by atoms with Gasteiger partial charge in [-0.05, 0) is 45.9 Å². The summed E-state index contributed by atoms with van der Waals surface area (Å²) in [5.41, 5.74) is 16.6. The van der Waals surface area contributed by atoms with Gasteiger partial charge in [0, 0.05) is 12.6 Å². The van der Waals surface area contributed by atoms with Gasteiger partial charge in [0.15, 0.2) is 0 Å². The molecule has 0 aliphatic rings. The van der Waals surface area contributed by atoms with E-state index in [0.717, 1.165) is 45.6 Å². The second kappa shape index (κ2) is 8.44. The van der Waals surface area contributed by atoms with Crippen molar-refractivity contribution in [1.82, 2.24) is 4.90 Å². The molecule has 0 bridgehead atoms. The number of nitrogens with two attached hydrogens (primary N) is 3. The van der Waals surface area contributed by atoms with Crippen LogP contribution in [-0.2, 0) is 0 Å². The summed E-state index contributed by atoms with van der Waals surface area (Å²) in [7, 11) is 0. The maximum atomic E-state index is 5.73. The molecule has 0 spiro atoms. The van der Waals surface area contributed by atoms with Crippen molar-refractivity contribution in [3.63, 3.8) is 0 Å². The summed E-state index contributed by atoms with van der Waals surface area (Å²) in [6.45, 7) is 6.55. The number of rotatable bonds is 8. The molecule has 0 saturated heterocycles. The summed E-state index contributed by atoms with van der Waals surface area (Å²) >= 11 is 0. The Hall–Kier alpha value is -0.160. The highest BCUT2D eigenvalue weighted by atomic mass is 15.1. The number of hydrogen-bond acceptors (Lipinski definition) is 4. The number of hydrogen-bond donors (Lipinski definition) is 3. The Morgan fingerprint density at radius 3 is 1.85 bits per heavy atom. The van der Waals surface area contributed by atoms with Gasteiger partial charge in [-0.25, -0.2) is 0 Å². The van der Waals surface area contributed by atoms with Crippen LogP contribution in [0, 0.1) is 0 Å². The molecule has 0 heterocycles. The molecular formula is C9H24N4. The molecule has 0 aromatic carbocycles. The van der Waals surface area contributed by atoms with Gasteiger partial charge in [0.25, 0.3) is 0 Å². The van der Waals surface area contributed by atoms with Gasteiger partial charge in [0.1, 0.15) is 0 Å². The maximum Gasteiger partial charge on any atom is 0.0139 e. The van der Waals surface area contributed by atoms with E-state index < -0.39 is 0 Å². The minimum Gasteiger partial charge on any atom is -0.330 e. The molecule has 6 N–H and O–H groups in total. The molecule has 0 amide bonds. The van der Waals surface area contributed by atoms with E-state index in [0.29, 0.717) is 0 Å². The highest BCUT2D eigenvalue weighted by Crippen LogP contribution is 1.94. The second-order valence-electron chi connectivity index (χ2n) is 3.56. The molecule has 1 atom stereocenters. The van der Waals surface area contributed by atoms with Crippen molar-refractivity contribution in [3.8, 4) is 0 Å². The monoisotopic (exact) mass is 188 g/mol. The van der Waals surface area contributed by atoms with Gasteiger partial charge in [0.05, 0.1) is 0 Å². The van der Waals surface area contributed by atoms with E-state index >= 15 is 0 Å². The van der Waals surface area contributed by atoms with Crippen LogP contribution in [0.15, 0.2) is 0 Å². The lowest BCUT2D eigenvalue weighted by Crippen LogP contribution is -2.38. The molecule has 0 aliphatic heterocycles. The first-order valence-electron chi connectivity index (χ1n) is 5.08.